The number of rotatable bonds is 4. The fourth-order valence-electron chi connectivity index (χ4n) is 4.66. The van der Waals surface area contributed by atoms with Gasteiger partial charge >= 0.3 is 0 Å². The number of anilines is 1. The Morgan fingerprint density at radius 2 is 2.11 bits per heavy atom. The molecule has 1 aromatic carbocycles. The number of benzene rings is 1. The van der Waals surface area contributed by atoms with Gasteiger partial charge in [0.15, 0.2) is 0 Å². The molecule has 0 saturated carbocycles. The Bertz CT molecular complexity index is 1560. The van der Waals surface area contributed by atoms with Crippen molar-refractivity contribution in [3.05, 3.63) is 60.5 Å². The maximum absolute atomic E-state index is 14.8. The first-order valence-corrected chi connectivity index (χ1v) is 11.3. The molecule has 0 bridgehead atoms. The number of aromatic nitrogens is 5. The van der Waals surface area contributed by atoms with Crippen LogP contribution in [-0.2, 0) is 11.3 Å². The van der Waals surface area contributed by atoms with E-state index in [1.54, 1.807) is 23.1 Å². The van der Waals surface area contributed by atoms with Crippen LogP contribution in [0.15, 0.2) is 43.4 Å². The molecule has 2 atom stereocenters. The number of carbonyl (C=O) groups excluding carboxylic acids is 1. The van der Waals surface area contributed by atoms with Crippen molar-refractivity contribution < 1.29 is 18.0 Å². The minimum atomic E-state index is -2.72. The topological polar surface area (TPSA) is 94.9 Å². The lowest BCUT2D eigenvalue weighted by atomic mass is 10.1. The number of likely N-dealkylation sites (tertiary alicyclic amines) is 1. The van der Waals surface area contributed by atoms with Crippen LogP contribution in [0.5, 0.6) is 0 Å². The molecule has 36 heavy (non-hydrogen) atoms. The van der Waals surface area contributed by atoms with Gasteiger partial charge in [-0.25, -0.2) is 23.1 Å². The largest absolute Gasteiger partial charge is 0.383 e. The van der Waals surface area contributed by atoms with Crippen LogP contribution in [0.4, 0.5) is 19.0 Å². The van der Waals surface area contributed by atoms with Crippen molar-refractivity contribution in [2.24, 2.45) is 0 Å². The number of halogens is 3. The molecule has 2 N–H and O–H groups in total. The van der Waals surface area contributed by atoms with Crippen molar-refractivity contribution in [1.29, 1.82) is 0 Å². The molecule has 1 amide bonds. The summed E-state index contributed by atoms with van der Waals surface area (Å²) in [5.74, 6) is 4.75. The molecule has 4 heterocycles. The van der Waals surface area contributed by atoms with Crippen molar-refractivity contribution in [2.75, 3.05) is 12.3 Å². The molecule has 3 aromatic heterocycles. The summed E-state index contributed by atoms with van der Waals surface area (Å²) < 4.78 is 45.6. The Labute approximate surface area is 204 Å². The van der Waals surface area contributed by atoms with Crippen LogP contribution in [0.2, 0.25) is 0 Å². The molecule has 1 fully saturated rings. The van der Waals surface area contributed by atoms with Crippen molar-refractivity contribution in [2.45, 2.75) is 38.4 Å². The molecule has 1 aliphatic heterocycles. The fraction of sp³-hybridized carbons (Fsp3) is 0.280. The molecule has 0 radical (unpaired) electrons. The molecule has 1 saturated heterocycles. The molecular formula is C25H22F3N7O. The zero-order valence-electron chi connectivity index (χ0n) is 19.3. The van der Waals surface area contributed by atoms with Crippen LogP contribution >= 0.6 is 0 Å². The number of fused-ring (bicyclic) bond motifs is 2. The summed E-state index contributed by atoms with van der Waals surface area (Å²) >= 11 is 0. The summed E-state index contributed by atoms with van der Waals surface area (Å²) in [6.45, 7) is 6.02. The van der Waals surface area contributed by atoms with E-state index in [1.165, 1.54) is 12.3 Å². The van der Waals surface area contributed by atoms with E-state index in [0.29, 0.717) is 28.5 Å². The van der Waals surface area contributed by atoms with E-state index in [4.69, 9.17) is 5.73 Å². The Hall–Kier alpha value is -4.33. The van der Waals surface area contributed by atoms with E-state index < -0.39 is 30.2 Å². The average Bonchev–Trinajstić information content (AvgIpc) is 3.57. The highest BCUT2D eigenvalue weighted by Gasteiger charge is 2.41. The molecule has 8 nitrogen and oxygen atoms in total. The number of hydrogen-bond donors (Lipinski definition) is 1. The van der Waals surface area contributed by atoms with Crippen LogP contribution in [-0.4, -0.2) is 54.1 Å². The van der Waals surface area contributed by atoms with Gasteiger partial charge in [0.2, 0.25) is 5.91 Å². The second-order valence-corrected chi connectivity index (χ2v) is 8.47. The minimum Gasteiger partial charge on any atom is -0.383 e. The van der Waals surface area contributed by atoms with Gasteiger partial charge < -0.3 is 15.2 Å². The van der Waals surface area contributed by atoms with Gasteiger partial charge in [0.25, 0.3) is 6.43 Å². The zero-order valence-corrected chi connectivity index (χ0v) is 19.3. The maximum atomic E-state index is 14.8. The van der Waals surface area contributed by atoms with E-state index >= 15 is 0 Å². The highest BCUT2D eigenvalue weighted by Crippen LogP contribution is 2.34. The third-order valence-electron chi connectivity index (χ3n) is 6.43. The summed E-state index contributed by atoms with van der Waals surface area (Å²) in [4.78, 5) is 21.7. The first-order valence-electron chi connectivity index (χ1n) is 11.3. The van der Waals surface area contributed by atoms with E-state index in [0.717, 1.165) is 11.0 Å². The molecule has 0 spiro atoms. The minimum absolute atomic E-state index is 0.00545. The lowest BCUT2D eigenvalue weighted by Crippen LogP contribution is -2.38. The molecule has 1 aliphatic rings. The highest BCUT2D eigenvalue weighted by atomic mass is 19.3. The summed E-state index contributed by atoms with van der Waals surface area (Å²) in [6.07, 6.45) is 1.41. The summed E-state index contributed by atoms with van der Waals surface area (Å²) in [5, 5.41) is 4.98. The second kappa shape index (κ2) is 9.03. The van der Waals surface area contributed by atoms with Gasteiger partial charge in [-0.15, -0.1) is 0 Å². The number of nitrogens with zero attached hydrogens (tertiary/aromatic N) is 6. The first-order chi connectivity index (χ1) is 17.3. The molecule has 4 aromatic rings. The molecule has 11 heteroatoms. The Balaban J connectivity index is 1.57. The van der Waals surface area contributed by atoms with Gasteiger partial charge in [0.1, 0.15) is 17.3 Å². The number of carbonyl (C=O) groups is 1. The standard InChI is InChI=1S/C25H22F3N7O/c1-3-22(36)34-12-15(10-21(34)24(27)28)35-19-7-8-30-25(29)23(19)17(32-35)6-5-14-9-18-20(11-16(14)26)33(4-2)13-31-18/h3,7-9,11,13,15,21,24H,1,4,10,12H2,2H3,(H2,29,30)/t15-,21?/m0/s1. The number of hydrogen-bond acceptors (Lipinski definition) is 5. The molecule has 5 rings (SSSR count). The van der Waals surface area contributed by atoms with Crippen molar-refractivity contribution >= 4 is 33.7 Å². The second-order valence-electron chi connectivity index (χ2n) is 8.47. The smallest absolute Gasteiger partial charge is 0.258 e. The van der Waals surface area contributed by atoms with Crippen LogP contribution in [0.25, 0.3) is 21.9 Å². The third kappa shape index (κ3) is 3.84. The fourth-order valence-corrected chi connectivity index (χ4v) is 4.66. The van der Waals surface area contributed by atoms with Crippen molar-refractivity contribution in [3.63, 3.8) is 0 Å². The van der Waals surface area contributed by atoms with Crippen LogP contribution in [0.1, 0.15) is 30.6 Å². The SMILES string of the molecule is C=CC(=O)N1C[C@@H](n2nc(C#Cc3cc4ncn(CC)c4cc3F)c3c(N)nccc32)CC1C(F)F. The van der Waals surface area contributed by atoms with Gasteiger partial charge in [-0.1, -0.05) is 12.5 Å². The average molecular weight is 493 g/mol. The quantitative estimate of drug-likeness (QED) is 0.347. The summed E-state index contributed by atoms with van der Waals surface area (Å²) in [6, 6.07) is 2.80. The number of amides is 1. The summed E-state index contributed by atoms with van der Waals surface area (Å²) in [7, 11) is 0. The lowest BCUT2D eigenvalue weighted by Gasteiger charge is -2.21. The van der Waals surface area contributed by atoms with Gasteiger partial charge in [-0.2, -0.15) is 5.10 Å². The Morgan fingerprint density at radius 3 is 2.83 bits per heavy atom. The van der Waals surface area contributed by atoms with Gasteiger partial charge in [0, 0.05) is 25.4 Å². The van der Waals surface area contributed by atoms with Crippen molar-refractivity contribution in [1.82, 2.24) is 29.2 Å². The normalized spacial score (nSPS) is 17.6. The van der Waals surface area contributed by atoms with Crippen molar-refractivity contribution in [3.8, 4) is 11.8 Å². The van der Waals surface area contributed by atoms with E-state index in [-0.39, 0.29) is 30.0 Å². The number of pyridine rings is 1. The Morgan fingerprint density at radius 1 is 1.31 bits per heavy atom. The number of nitrogens with two attached hydrogens (primary N) is 1. The maximum Gasteiger partial charge on any atom is 0.258 e. The number of aryl methyl sites for hydroxylation is 1. The third-order valence-corrected chi connectivity index (χ3v) is 6.43. The van der Waals surface area contributed by atoms with Gasteiger partial charge in [-0.05, 0) is 37.5 Å². The predicted octanol–water partition coefficient (Wildman–Crippen LogP) is 3.52. The highest BCUT2D eigenvalue weighted by molar-refractivity contribution is 5.93. The van der Waals surface area contributed by atoms with E-state index in [2.05, 4.69) is 33.5 Å². The zero-order chi connectivity index (χ0) is 25.6. The molecular weight excluding hydrogens is 471 g/mol. The van der Waals surface area contributed by atoms with E-state index in [9.17, 15) is 18.0 Å². The Kier molecular flexibility index (Phi) is 5.88. The van der Waals surface area contributed by atoms with Gasteiger partial charge in [0.05, 0.1) is 45.9 Å². The number of imidazole rings is 1. The number of alkyl halides is 2. The first kappa shape index (κ1) is 23.4. The monoisotopic (exact) mass is 493 g/mol. The van der Waals surface area contributed by atoms with Crippen LogP contribution < -0.4 is 5.73 Å². The lowest BCUT2D eigenvalue weighted by molar-refractivity contribution is -0.129. The molecule has 0 aliphatic carbocycles. The van der Waals surface area contributed by atoms with Crippen LogP contribution in [0, 0.1) is 17.7 Å². The molecule has 1 unspecified atom stereocenters. The van der Waals surface area contributed by atoms with Gasteiger partial charge in [-0.3, -0.25) is 9.48 Å². The predicted molar refractivity (Wildman–Crippen MR) is 129 cm³/mol. The van der Waals surface area contributed by atoms with Crippen LogP contribution in [0.3, 0.4) is 0 Å². The molecule has 184 valence electrons. The summed E-state index contributed by atoms with van der Waals surface area (Å²) in [5.41, 5.74) is 8.29. The number of nitrogen functional groups attached to an aromatic ring is 1. The van der Waals surface area contributed by atoms with E-state index in [1.807, 2.05) is 11.5 Å².